The van der Waals surface area contributed by atoms with E-state index in [0.717, 1.165) is 11.1 Å². The summed E-state index contributed by atoms with van der Waals surface area (Å²) in [6.07, 6.45) is 3.74. The lowest BCUT2D eigenvalue weighted by Crippen LogP contribution is -2.38. The standard InChI is InChI=1S/C21H26N2O6/c1-26-17-8-7-13(9-16(17)23-21(25)15(22)12-24)5-6-14-10-18(27-2)20(29-4)19(11-14)28-3/h5-11,15,24H,12,22H2,1-4H3,(H,23,25)/b6-5+. The number of nitrogens with two attached hydrogens (primary N) is 1. The maximum Gasteiger partial charge on any atom is 0.243 e. The highest BCUT2D eigenvalue weighted by atomic mass is 16.5. The van der Waals surface area contributed by atoms with Crippen LogP contribution in [0.2, 0.25) is 0 Å². The SMILES string of the molecule is COc1ccc(/C=C/c2cc(OC)c(OC)c(OC)c2)cc1NC(=O)C(N)CO. The van der Waals surface area contributed by atoms with Gasteiger partial charge in [-0.2, -0.15) is 0 Å². The smallest absolute Gasteiger partial charge is 0.243 e. The summed E-state index contributed by atoms with van der Waals surface area (Å²) in [5.41, 5.74) is 7.66. The van der Waals surface area contributed by atoms with Crippen LogP contribution in [0.25, 0.3) is 12.2 Å². The van der Waals surface area contributed by atoms with Gasteiger partial charge in [0, 0.05) is 0 Å². The monoisotopic (exact) mass is 402 g/mol. The highest BCUT2D eigenvalue weighted by Crippen LogP contribution is 2.38. The largest absolute Gasteiger partial charge is 0.495 e. The first-order chi connectivity index (χ1) is 14.0. The molecule has 2 rings (SSSR count). The van der Waals surface area contributed by atoms with Crippen molar-refractivity contribution < 1.29 is 28.8 Å². The number of aliphatic hydroxyl groups excluding tert-OH is 1. The fraction of sp³-hybridized carbons (Fsp3) is 0.286. The number of carbonyl (C=O) groups excluding carboxylic acids is 1. The minimum Gasteiger partial charge on any atom is -0.495 e. The van der Waals surface area contributed by atoms with Crippen molar-refractivity contribution in [2.45, 2.75) is 6.04 Å². The highest BCUT2D eigenvalue weighted by Gasteiger charge is 2.15. The molecule has 8 nitrogen and oxygen atoms in total. The second kappa shape index (κ2) is 10.4. The zero-order valence-corrected chi connectivity index (χ0v) is 16.9. The average molecular weight is 402 g/mol. The van der Waals surface area contributed by atoms with Crippen molar-refractivity contribution in [3.05, 3.63) is 41.5 Å². The molecule has 156 valence electrons. The summed E-state index contributed by atoms with van der Waals surface area (Å²) < 4.78 is 21.3. The summed E-state index contributed by atoms with van der Waals surface area (Å²) in [6, 6.07) is 7.95. The number of aliphatic hydroxyl groups is 1. The third kappa shape index (κ3) is 5.40. The molecule has 0 spiro atoms. The molecule has 0 radical (unpaired) electrons. The molecule has 0 aromatic heterocycles. The Morgan fingerprint density at radius 1 is 0.966 bits per heavy atom. The molecule has 2 aromatic rings. The zero-order valence-electron chi connectivity index (χ0n) is 16.9. The van der Waals surface area contributed by atoms with E-state index in [9.17, 15) is 4.79 Å². The Bertz CT molecular complexity index is 856. The Kier molecular flexibility index (Phi) is 7.88. The number of nitrogens with one attached hydrogen (secondary N) is 1. The van der Waals surface area contributed by atoms with Crippen LogP contribution in [0.5, 0.6) is 23.0 Å². The molecular weight excluding hydrogens is 376 g/mol. The first kappa shape index (κ1) is 22.1. The predicted molar refractivity (Wildman–Crippen MR) is 112 cm³/mol. The maximum atomic E-state index is 12.0. The predicted octanol–water partition coefficient (Wildman–Crippen LogP) is 2.15. The second-order valence-electron chi connectivity index (χ2n) is 6.03. The van der Waals surface area contributed by atoms with E-state index in [1.807, 2.05) is 30.4 Å². The van der Waals surface area contributed by atoms with Gasteiger partial charge in [0.05, 0.1) is 40.7 Å². The highest BCUT2D eigenvalue weighted by molar-refractivity contribution is 5.96. The van der Waals surface area contributed by atoms with Crippen LogP contribution in [-0.2, 0) is 4.79 Å². The van der Waals surface area contributed by atoms with Gasteiger partial charge in [-0.1, -0.05) is 18.2 Å². The molecule has 1 atom stereocenters. The van der Waals surface area contributed by atoms with Crippen LogP contribution >= 0.6 is 0 Å². The van der Waals surface area contributed by atoms with Crippen molar-refractivity contribution in [3.8, 4) is 23.0 Å². The van der Waals surface area contributed by atoms with Crippen molar-refractivity contribution >= 4 is 23.7 Å². The molecule has 0 aliphatic carbocycles. The van der Waals surface area contributed by atoms with Crippen LogP contribution < -0.4 is 30.0 Å². The number of anilines is 1. The summed E-state index contributed by atoms with van der Waals surface area (Å²) in [5.74, 6) is 1.59. The van der Waals surface area contributed by atoms with E-state index in [4.69, 9.17) is 29.8 Å². The molecule has 2 aromatic carbocycles. The lowest BCUT2D eigenvalue weighted by atomic mass is 10.1. The van der Waals surface area contributed by atoms with E-state index in [1.165, 1.54) is 7.11 Å². The van der Waals surface area contributed by atoms with Gasteiger partial charge >= 0.3 is 0 Å². The minimum atomic E-state index is -1.02. The number of amides is 1. The molecule has 1 amide bonds. The van der Waals surface area contributed by atoms with E-state index in [2.05, 4.69) is 5.32 Å². The minimum absolute atomic E-state index is 0.450. The van der Waals surface area contributed by atoms with Crippen molar-refractivity contribution in [2.75, 3.05) is 40.4 Å². The number of benzene rings is 2. The Hall–Kier alpha value is -3.23. The average Bonchev–Trinajstić information content (AvgIpc) is 2.76. The summed E-state index contributed by atoms with van der Waals surface area (Å²) >= 11 is 0. The molecule has 0 bridgehead atoms. The van der Waals surface area contributed by atoms with Crippen LogP contribution in [0, 0.1) is 0 Å². The fourth-order valence-electron chi connectivity index (χ4n) is 2.63. The number of hydrogen-bond acceptors (Lipinski definition) is 7. The van der Waals surface area contributed by atoms with E-state index >= 15 is 0 Å². The van der Waals surface area contributed by atoms with Crippen LogP contribution in [-0.4, -0.2) is 52.1 Å². The molecule has 0 saturated carbocycles. The number of methoxy groups -OCH3 is 4. The summed E-state index contributed by atoms with van der Waals surface area (Å²) in [4.78, 5) is 12.0. The first-order valence-electron chi connectivity index (χ1n) is 8.80. The lowest BCUT2D eigenvalue weighted by Gasteiger charge is -2.14. The van der Waals surface area contributed by atoms with Gasteiger partial charge in [0.1, 0.15) is 11.8 Å². The van der Waals surface area contributed by atoms with E-state index < -0.39 is 18.6 Å². The summed E-state index contributed by atoms with van der Waals surface area (Å²) in [7, 11) is 6.16. The van der Waals surface area contributed by atoms with E-state index in [1.54, 1.807) is 33.5 Å². The summed E-state index contributed by atoms with van der Waals surface area (Å²) in [6.45, 7) is -0.450. The van der Waals surface area contributed by atoms with Crippen LogP contribution in [0.3, 0.4) is 0 Å². The number of hydrogen-bond donors (Lipinski definition) is 3. The Morgan fingerprint density at radius 2 is 1.55 bits per heavy atom. The van der Waals surface area contributed by atoms with Crippen molar-refractivity contribution in [1.29, 1.82) is 0 Å². The van der Waals surface area contributed by atoms with Crippen molar-refractivity contribution in [1.82, 2.24) is 0 Å². The third-order valence-corrected chi connectivity index (χ3v) is 4.17. The second-order valence-corrected chi connectivity index (χ2v) is 6.03. The molecular formula is C21H26N2O6. The van der Waals surface area contributed by atoms with E-state index in [-0.39, 0.29) is 0 Å². The number of carbonyl (C=O) groups is 1. The quantitative estimate of drug-likeness (QED) is 0.551. The molecule has 1 unspecified atom stereocenters. The zero-order chi connectivity index (χ0) is 21.4. The Morgan fingerprint density at radius 3 is 2.07 bits per heavy atom. The van der Waals surface area contributed by atoms with Gasteiger partial charge in [-0.05, 0) is 35.4 Å². The van der Waals surface area contributed by atoms with Crippen molar-refractivity contribution in [2.24, 2.45) is 5.73 Å². The third-order valence-electron chi connectivity index (χ3n) is 4.17. The number of ether oxygens (including phenoxy) is 4. The number of rotatable bonds is 9. The molecule has 0 heterocycles. The molecule has 0 saturated heterocycles. The molecule has 0 fully saturated rings. The van der Waals surface area contributed by atoms with Gasteiger partial charge in [-0.3, -0.25) is 4.79 Å². The van der Waals surface area contributed by atoms with Crippen LogP contribution in [0.15, 0.2) is 30.3 Å². The lowest BCUT2D eigenvalue weighted by molar-refractivity contribution is -0.118. The van der Waals surface area contributed by atoms with Gasteiger partial charge < -0.3 is 35.1 Å². The van der Waals surface area contributed by atoms with Gasteiger partial charge in [0.25, 0.3) is 0 Å². The van der Waals surface area contributed by atoms with Crippen LogP contribution in [0.1, 0.15) is 11.1 Å². The molecule has 8 heteroatoms. The Labute approximate surface area is 169 Å². The van der Waals surface area contributed by atoms with Gasteiger partial charge in [0.2, 0.25) is 11.7 Å². The molecule has 0 aliphatic rings. The molecule has 0 aliphatic heterocycles. The van der Waals surface area contributed by atoms with Crippen LogP contribution in [0.4, 0.5) is 5.69 Å². The molecule has 4 N–H and O–H groups in total. The van der Waals surface area contributed by atoms with Gasteiger partial charge in [-0.25, -0.2) is 0 Å². The normalized spacial score (nSPS) is 11.8. The topological polar surface area (TPSA) is 112 Å². The molecule has 29 heavy (non-hydrogen) atoms. The Balaban J connectivity index is 2.33. The summed E-state index contributed by atoms with van der Waals surface area (Å²) in [5, 5.41) is 11.7. The van der Waals surface area contributed by atoms with Crippen molar-refractivity contribution in [3.63, 3.8) is 0 Å². The fourth-order valence-corrected chi connectivity index (χ4v) is 2.63. The first-order valence-corrected chi connectivity index (χ1v) is 8.80. The maximum absolute atomic E-state index is 12.0. The van der Waals surface area contributed by atoms with Gasteiger partial charge in [-0.15, -0.1) is 0 Å². The van der Waals surface area contributed by atoms with E-state index in [0.29, 0.717) is 28.7 Å². The van der Waals surface area contributed by atoms with Gasteiger partial charge in [0.15, 0.2) is 11.5 Å².